The number of hydrogen-bond acceptors (Lipinski definition) is 3. The third-order valence-corrected chi connectivity index (χ3v) is 1.81. The van der Waals surface area contributed by atoms with Crippen LogP contribution in [-0.2, 0) is 14.3 Å². The van der Waals surface area contributed by atoms with Crippen molar-refractivity contribution in [2.45, 2.75) is 18.3 Å². The summed E-state index contributed by atoms with van der Waals surface area (Å²) in [5, 5.41) is 2.94. The standard InChI is InChI=1S/C6H11NO3Se/c1-4(8)7-5(3-11)6(9)10-2/h5,11H,3H2,1-2H3,(H,7,8)/t5-/m0/s1. The third-order valence-electron chi connectivity index (χ3n) is 1.05. The maximum absolute atomic E-state index is 10.8. The number of carbonyl (C=O) groups is 2. The summed E-state index contributed by atoms with van der Waals surface area (Å²) in [6.07, 6.45) is 0. The number of methoxy groups -OCH3 is 1. The van der Waals surface area contributed by atoms with Crippen LogP contribution < -0.4 is 5.32 Å². The molecule has 0 spiro atoms. The van der Waals surface area contributed by atoms with Crippen LogP contribution in [0.5, 0.6) is 0 Å². The molecule has 0 aromatic heterocycles. The van der Waals surface area contributed by atoms with Crippen molar-refractivity contribution in [2.24, 2.45) is 0 Å². The molecule has 11 heavy (non-hydrogen) atoms. The van der Waals surface area contributed by atoms with Gasteiger partial charge in [-0.2, -0.15) is 0 Å². The molecule has 0 heterocycles. The van der Waals surface area contributed by atoms with Crippen LogP contribution in [0.15, 0.2) is 0 Å². The molecule has 0 fully saturated rings. The van der Waals surface area contributed by atoms with Crippen molar-refractivity contribution in [3.63, 3.8) is 0 Å². The SMILES string of the molecule is COC(=O)[C@H](C[SeH])NC(C)=O. The Labute approximate surface area is 73.5 Å². The van der Waals surface area contributed by atoms with Gasteiger partial charge in [-0.25, -0.2) is 0 Å². The van der Waals surface area contributed by atoms with E-state index in [4.69, 9.17) is 0 Å². The molecule has 1 N–H and O–H groups in total. The van der Waals surface area contributed by atoms with Gasteiger partial charge in [-0.1, -0.05) is 0 Å². The summed E-state index contributed by atoms with van der Waals surface area (Å²) in [6.45, 7) is 1.36. The van der Waals surface area contributed by atoms with Gasteiger partial charge in [-0.15, -0.1) is 0 Å². The second kappa shape index (κ2) is 5.15. The molecular formula is C6H11NO3Se. The van der Waals surface area contributed by atoms with Crippen LogP contribution in [0.3, 0.4) is 0 Å². The summed E-state index contributed by atoms with van der Waals surface area (Å²) in [7, 11) is 1.29. The van der Waals surface area contributed by atoms with Crippen molar-refractivity contribution < 1.29 is 14.3 Å². The van der Waals surface area contributed by atoms with Gasteiger partial charge in [0.15, 0.2) is 0 Å². The number of carbonyl (C=O) groups excluding carboxylic acids is 2. The molecule has 0 radical (unpaired) electrons. The predicted molar refractivity (Wildman–Crippen MR) is 41.6 cm³/mol. The second-order valence-electron chi connectivity index (χ2n) is 1.96. The zero-order valence-electron chi connectivity index (χ0n) is 6.46. The van der Waals surface area contributed by atoms with Crippen LogP contribution in [0, 0.1) is 0 Å². The minimum absolute atomic E-state index is 0.230. The van der Waals surface area contributed by atoms with Crippen LogP contribution >= 0.6 is 0 Å². The molecule has 0 aliphatic carbocycles. The summed E-state index contributed by atoms with van der Waals surface area (Å²) in [6, 6.07) is -0.530. The quantitative estimate of drug-likeness (QED) is 0.493. The summed E-state index contributed by atoms with van der Waals surface area (Å²) in [5.74, 6) is -0.646. The molecule has 0 saturated carbocycles. The monoisotopic (exact) mass is 225 g/mol. The number of rotatable bonds is 3. The molecule has 0 aromatic carbocycles. The van der Waals surface area contributed by atoms with E-state index < -0.39 is 12.0 Å². The Morgan fingerprint density at radius 3 is 2.45 bits per heavy atom. The number of amides is 1. The Kier molecular flexibility index (Phi) is 4.90. The second-order valence-corrected chi connectivity index (χ2v) is 2.72. The maximum atomic E-state index is 10.8. The summed E-state index contributed by atoms with van der Waals surface area (Å²) in [4.78, 5) is 21.3. The number of ether oxygens (including phenoxy) is 1. The molecule has 0 aliphatic rings. The molecule has 64 valence electrons. The van der Waals surface area contributed by atoms with Gasteiger partial charge < -0.3 is 0 Å². The van der Waals surface area contributed by atoms with Gasteiger partial charge in [0, 0.05) is 0 Å². The van der Waals surface area contributed by atoms with E-state index in [1.165, 1.54) is 14.0 Å². The van der Waals surface area contributed by atoms with Crippen molar-refractivity contribution in [1.82, 2.24) is 5.32 Å². The number of hydrogen-bond donors (Lipinski definition) is 1. The summed E-state index contributed by atoms with van der Waals surface area (Å²) in [5.41, 5.74) is 0. The predicted octanol–water partition coefficient (Wildman–Crippen LogP) is -1.02. The van der Waals surface area contributed by atoms with Crippen LogP contribution in [-0.4, -0.2) is 41.0 Å². The van der Waals surface area contributed by atoms with Crippen molar-refractivity contribution in [2.75, 3.05) is 7.11 Å². The van der Waals surface area contributed by atoms with Gasteiger partial charge in [-0.05, 0) is 0 Å². The normalized spacial score (nSPS) is 11.9. The Morgan fingerprint density at radius 1 is 1.64 bits per heavy atom. The van der Waals surface area contributed by atoms with E-state index >= 15 is 0 Å². The molecule has 0 rings (SSSR count). The van der Waals surface area contributed by atoms with Crippen LogP contribution in [0.2, 0.25) is 5.32 Å². The Balaban J connectivity index is 3.94. The van der Waals surface area contributed by atoms with E-state index in [1.54, 1.807) is 0 Å². The Morgan fingerprint density at radius 2 is 2.18 bits per heavy atom. The van der Waals surface area contributed by atoms with Gasteiger partial charge >= 0.3 is 72.9 Å². The molecule has 0 bridgehead atoms. The molecule has 0 saturated heterocycles. The summed E-state index contributed by atoms with van der Waals surface area (Å²) < 4.78 is 4.44. The molecule has 4 nitrogen and oxygen atoms in total. The van der Waals surface area contributed by atoms with Gasteiger partial charge in [0.25, 0.3) is 0 Å². The third kappa shape index (κ3) is 4.01. The molecule has 1 amide bonds. The van der Waals surface area contributed by atoms with Crippen LogP contribution in [0.4, 0.5) is 0 Å². The fourth-order valence-electron chi connectivity index (χ4n) is 0.567. The molecule has 5 heteroatoms. The zero-order chi connectivity index (χ0) is 8.85. The van der Waals surface area contributed by atoms with Gasteiger partial charge in [0.05, 0.1) is 0 Å². The van der Waals surface area contributed by atoms with Crippen molar-refractivity contribution in [3.05, 3.63) is 0 Å². The number of nitrogens with one attached hydrogen (secondary N) is 1. The summed E-state index contributed by atoms with van der Waals surface area (Å²) >= 11 is 2.23. The van der Waals surface area contributed by atoms with E-state index in [0.29, 0.717) is 5.32 Å². The van der Waals surface area contributed by atoms with Crippen molar-refractivity contribution >= 4 is 27.9 Å². The molecule has 0 aromatic rings. The first-order valence-electron chi connectivity index (χ1n) is 3.07. The van der Waals surface area contributed by atoms with Gasteiger partial charge in [0.1, 0.15) is 0 Å². The fourth-order valence-corrected chi connectivity index (χ4v) is 1.07. The van der Waals surface area contributed by atoms with E-state index in [-0.39, 0.29) is 5.91 Å². The zero-order valence-corrected chi connectivity index (χ0v) is 8.33. The topological polar surface area (TPSA) is 55.4 Å². The van der Waals surface area contributed by atoms with E-state index in [2.05, 4.69) is 26.1 Å². The van der Waals surface area contributed by atoms with Gasteiger partial charge in [-0.3, -0.25) is 0 Å². The van der Waals surface area contributed by atoms with E-state index in [9.17, 15) is 9.59 Å². The average Bonchev–Trinajstić information content (AvgIpc) is 1.98. The average molecular weight is 224 g/mol. The van der Waals surface area contributed by atoms with E-state index in [1.807, 2.05) is 0 Å². The van der Waals surface area contributed by atoms with Crippen LogP contribution in [0.25, 0.3) is 0 Å². The van der Waals surface area contributed by atoms with Crippen molar-refractivity contribution in [1.29, 1.82) is 0 Å². The molecule has 1 atom stereocenters. The Hall–Kier alpha value is -0.541. The molecular weight excluding hydrogens is 213 g/mol. The number of esters is 1. The van der Waals surface area contributed by atoms with E-state index in [0.717, 1.165) is 0 Å². The Bertz CT molecular complexity index is 160. The minimum atomic E-state index is -0.530. The molecule has 0 unspecified atom stereocenters. The first kappa shape index (κ1) is 10.5. The fraction of sp³-hybridized carbons (Fsp3) is 0.667. The first-order chi connectivity index (χ1) is 5.11. The van der Waals surface area contributed by atoms with Crippen molar-refractivity contribution in [3.8, 4) is 0 Å². The molecule has 0 aliphatic heterocycles. The van der Waals surface area contributed by atoms with Crippen LogP contribution in [0.1, 0.15) is 6.92 Å². The first-order valence-corrected chi connectivity index (χ1v) is 4.40. The van der Waals surface area contributed by atoms with Gasteiger partial charge in [0.2, 0.25) is 0 Å².